The van der Waals surface area contributed by atoms with E-state index in [9.17, 15) is 8.42 Å². The summed E-state index contributed by atoms with van der Waals surface area (Å²) in [5.41, 5.74) is 1.00. The fraction of sp³-hybridized carbons (Fsp3) is 0.500. The predicted octanol–water partition coefficient (Wildman–Crippen LogP) is 3.72. The van der Waals surface area contributed by atoms with Crippen LogP contribution in [0.1, 0.15) is 32.6 Å². The lowest BCUT2D eigenvalue weighted by atomic mass is 9.84. The minimum atomic E-state index is -3.67. The highest BCUT2D eigenvalue weighted by atomic mass is 32.2. The quantitative estimate of drug-likeness (QED) is 0.857. The van der Waals surface area contributed by atoms with Crippen LogP contribution >= 0.6 is 11.3 Å². The lowest BCUT2D eigenvalue weighted by molar-refractivity contribution is 0.261. The second kappa shape index (κ2) is 7.08. The highest BCUT2D eigenvalue weighted by molar-refractivity contribution is 7.93. The maximum atomic E-state index is 12.6. The molecule has 0 spiro atoms. The first kappa shape index (κ1) is 17.6. The summed E-state index contributed by atoms with van der Waals surface area (Å²) in [5, 5.41) is 2.10. The molecule has 0 bridgehead atoms. The number of fused-ring (bicyclic) bond motifs is 1. The van der Waals surface area contributed by atoms with Crippen molar-refractivity contribution in [2.45, 2.75) is 43.5 Å². The largest absolute Gasteiger partial charge is 0.490 e. The van der Waals surface area contributed by atoms with Crippen LogP contribution in [-0.4, -0.2) is 32.6 Å². The Kier molecular flexibility index (Phi) is 4.79. The summed E-state index contributed by atoms with van der Waals surface area (Å²) in [6.07, 6.45) is 6.57. The van der Waals surface area contributed by atoms with Gasteiger partial charge in [0, 0.05) is 23.7 Å². The van der Waals surface area contributed by atoms with E-state index in [0.29, 0.717) is 29.4 Å². The molecule has 2 atom stereocenters. The number of anilines is 2. The van der Waals surface area contributed by atoms with Gasteiger partial charge in [-0.2, -0.15) is 0 Å². The van der Waals surface area contributed by atoms with E-state index in [2.05, 4.69) is 21.5 Å². The Labute approximate surface area is 158 Å². The smallest absolute Gasteiger partial charge is 0.263 e. The van der Waals surface area contributed by atoms with Crippen LogP contribution in [0.25, 0.3) is 0 Å². The van der Waals surface area contributed by atoms with Gasteiger partial charge in [-0.15, -0.1) is 11.3 Å². The van der Waals surface area contributed by atoms with Crippen LogP contribution in [0, 0.1) is 5.92 Å². The maximum absolute atomic E-state index is 12.6. The van der Waals surface area contributed by atoms with Crippen LogP contribution in [0.15, 0.2) is 34.7 Å². The summed E-state index contributed by atoms with van der Waals surface area (Å²) in [4.78, 5) is 6.59. The first-order valence-corrected chi connectivity index (χ1v) is 11.4. The summed E-state index contributed by atoms with van der Waals surface area (Å²) < 4.78 is 33.5. The number of hydrogen-bond donors (Lipinski definition) is 1. The number of nitrogens with zero attached hydrogens (tertiary/aromatic N) is 2. The molecule has 1 aliphatic heterocycles. The van der Waals surface area contributed by atoms with Crippen LogP contribution in [0.2, 0.25) is 0 Å². The summed E-state index contributed by atoms with van der Waals surface area (Å²) in [6, 6.07) is 5.67. The monoisotopic (exact) mass is 393 g/mol. The van der Waals surface area contributed by atoms with Crippen molar-refractivity contribution in [1.29, 1.82) is 0 Å². The zero-order valence-electron chi connectivity index (χ0n) is 14.7. The number of sulfonamides is 1. The normalized spacial score (nSPS) is 23.2. The number of rotatable bonds is 4. The zero-order chi connectivity index (χ0) is 18.1. The first-order valence-electron chi connectivity index (χ1n) is 9.00. The highest BCUT2D eigenvalue weighted by Gasteiger charge is 2.31. The minimum Gasteiger partial charge on any atom is -0.490 e. The average molecular weight is 394 g/mol. The molecule has 1 aromatic carbocycles. The predicted molar refractivity (Wildman–Crippen MR) is 104 cm³/mol. The van der Waals surface area contributed by atoms with Gasteiger partial charge < -0.3 is 9.64 Å². The molecular formula is C18H23N3O3S2. The molecule has 140 valence electrons. The van der Waals surface area contributed by atoms with Gasteiger partial charge in [0.25, 0.3) is 10.0 Å². The number of aromatic nitrogens is 1. The molecule has 2 heterocycles. The van der Waals surface area contributed by atoms with Crippen LogP contribution in [0.3, 0.4) is 0 Å². The number of ether oxygens (including phenoxy) is 1. The van der Waals surface area contributed by atoms with E-state index in [4.69, 9.17) is 4.74 Å². The van der Waals surface area contributed by atoms with Gasteiger partial charge in [0.1, 0.15) is 12.4 Å². The molecule has 1 fully saturated rings. The molecule has 1 saturated carbocycles. The van der Waals surface area contributed by atoms with Crippen molar-refractivity contribution in [1.82, 2.24) is 4.98 Å². The van der Waals surface area contributed by atoms with Gasteiger partial charge in [0.15, 0.2) is 5.13 Å². The lowest BCUT2D eigenvalue weighted by Gasteiger charge is -2.42. The molecule has 1 aromatic heterocycles. The second-order valence-electron chi connectivity index (χ2n) is 6.94. The van der Waals surface area contributed by atoms with Crippen molar-refractivity contribution in [2.75, 3.05) is 22.8 Å². The SMILES string of the molecule is C[C@H]1CCCC[C@@H]1N1CCOc2cc(S(=O)(=O)Nc3nccs3)ccc21. The molecule has 8 heteroatoms. The van der Waals surface area contributed by atoms with Crippen molar-refractivity contribution in [3.63, 3.8) is 0 Å². The van der Waals surface area contributed by atoms with Crippen LogP contribution in [0.4, 0.5) is 10.8 Å². The van der Waals surface area contributed by atoms with Gasteiger partial charge in [-0.3, -0.25) is 4.72 Å². The van der Waals surface area contributed by atoms with Crippen molar-refractivity contribution in [3.05, 3.63) is 29.8 Å². The number of nitrogens with one attached hydrogen (secondary N) is 1. The Bertz CT molecular complexity index is 868. The lowest BCUT2D eigenvalue weighted by Crippen LogP contribution is -2.45. The fourth-order valence-electron chi connectivity index (χ4n) is 3.94. The van der Waals surface area contributed by atoms with E-state index < -0.39 is 10.0 Å². The topological polar surface area (TPSA) is 71.5 Å². The van der Waals surface area contributed by atoms with E-state index in [1.54, 1.807) is 23.7 Å². The number of benzene rings is 1. The Morgan fingerprint density at radius 1 is 1.31 bits per heavy atom. The molecule has 0 saturated heterocycles. The van der Waals surface area contributed by atoms with Crippen molar-refractivity contribution < 1.29 is 13.2 Å². The molecule has 1 N–H and O–H groups in total. The third-order valence-electron chi connectivity index (χ3n) is 5.26. The summed E-state index contributed by atoms with van der Waals surface area (Å²) >= 11 is 1.25. The zero-order valence-corrected chi connectivity index (χ0v) is 16.4. The molecule has 2 aliphatic rings. The fourth-order valence-corrected chi connectivity index (χ4v) is 5.74. The number of thiazole rings is 1. The van der Waals surface area contributed by atoms with Crippen LogP contribution < -0.4 is 14.4 Å². The average Bonchev–Trinajstić information content (AvgIpc) is 3.13. The highest BCUT2D eigenvalue weighted by Crippen LogP contribution is 2.39. The second-order valence-corrected chi connectivity index (χ2v) is 9.52. The van der Waals surface area contributed by atoms with Gasteiger partial charge in [0.2, 0.25) is 0 Å². The Hall–Kier alpha value is -1.80. The molecule has 0 unspecified atom stereocenters. The standard InChI is InChI=1S/C18H23N3O3S2/c1-13-4-2-3-5-15(13)21-9-10-24-17-12-14(6-7-16(17)21)26(22,23)20-18-19-8-11-25-18/h6-8,11-13,15H,2-5,9-10H2,1H3,(H,19,20)/t13-,15-/m0/s1. The van der Waals surface area contributed by atoms with Crippen LogP contribution in [-0.2, 0) is 10.0 Å². The van der Waals surface area contributed by atoms with E-state index in [-0.39, 0.29) is 4.90 Å². The van der Waals surface area contributed by atoms with E-state index in [0.717, 1.165) is 12.2 Å². The molecule has 4 rings (SSSR count). The maximum Gasteiger partial charge on any atom is 0.263 e. The molecule has 0 radical (unpaired) electrons. The van der Waals surface area contributed by atoms with E-state index >= 15 is 0 Å². The Morgan fingerprint density at radius 3 is 2.92 bits per heavy atom. The van der Waals surface area contributed by atoms with E-state index in [1.165, 1.54) is 37.0 Å². The third-order valence-corrected chi connectivity index (χ3v) is 7.42. The van der Waals surface area contributed by atoms with Crippen molar-refractivity contribution >= 4 is 32.2 Å². The van der Waals surface area contributed by atoms with Gasteiger partial charge in [-0.25, -0.2) is 13.4 Å². The van der Waals surface area contributed by atoms with Gasteiger partial charge >= 0.3 is 0 Å². The van der Waals surface area contributed by atoms with E-state index in [1.807, 2.05) is 6.07 Å². The first-order chi connectivity index (χ1) is 12.5. The van der Waals surface area contributed by atoms with Gasteiger partial charge in [-0.05, 0) is 30.9 Å². The summed E-state index contributed by atoms with van der Waals surface area (Å²) in [7, 11) is -3.67. The Balaban J connectivity index is 1.62. The molecule has 0 amide bonds. The third kappa shape index (κ3) is 3.40. The molecular weight excluding hydrogens is 370 g/mol. The molecule has 2 aromatic rings. The van der Waals surface area contributed by atoms with Crippen molar-refractivity contribution in [3.8, 4) is 5.75 Å². The molecule has 1 aliphatic carbocycles. The molecule has 6 nitrogen and oxygen atoms in total. The minimum absolute atomic E-state index is 0.199. The molecule has 26 heavy (non-hydrogen) atoms. The van der Waals surface area contributed by atoms with Crippen LogP contribution in [0.5, 0.6) is 5.75 Å². The Morgan fingerprint density at radius 2 is 2.15 bits per heavy atom. The number of hydrogen-bond acceptors (Lipinski definition) is 6. The van der Waals surface area contributed by atoms with Gasteiger partial charge in [-0.1, -0.05) is 19.8 Å². The summed E-state index contributed by atoms with van der Waals surface area (Å²) in [6.45, 7) is 3.75. The van der Waals surface area contributed by atoms with Crippen molar-refractivity contribution in [2.24, 2.45) is 5.92 Å². The summed E-state index contributed by atoms with van der Waals surface area (Å²) in [5.74, 6) is 1.29. The van der Waals surface area contributed by atoms with Gasteiger partial charge in [0.05, 0.1) is 17.1 Å².